The second-order valence-electron chi connectivity index (χ2n) is 6.52. The third kappa shape index (κ3) is 2.63. The van der Waals surface area contributed by atoms with Crippen molar-refractivity contribution in [2.75, 3.05) is 36.5 Å². The van der Waals surface area contributed by atoms with Crippen LogP contribution in [0.3, 0.4) is 0 Å². The zero-order valence-corrected chi connectivity index (χ0v) is 12.7. The monoisotopic (exact) mass is 298 g/mol. The van der Waals surface area contributed by atoms with E-state index in [1.807, 2.05) is 12.1 Å². The van der Waals surface area contributed by atoms with E-state index in [-0.39, 0.29) is 11.8 Å². The van der Waals surface area contributed by atoms with E-state index in [1.165, 1.54) is 5.69 Å². The molecule has 1 saturated heterocycles. The van der Waals surface area contributed by atoms with Gasteiger partial charge < -0.3 is 15.0 Å². The first-order valence-corrected chi connectivity index (χ1v) is 8.21. The molecule has 22 heavy (non-hydrogen) atoms. The van der Waals surface area contributed by atoms with Gasteiger partial charge in [0.05, 0.1) is 13.2 Å². The largest absolute Gasteiger partial charge is 0.378 e. The number of nitrogens with one attached hydrogen (secondary N) is 1. The molecular weight excluding hydrogens is 276 g/mol. The van der Waals surface area contributed by atoms with E-state index in [1.54, 1.807) is 0 Å². The van der Waals surface area contributed by atoms with Crippen LogP contribution in [0.4, 0.5) is 11.4 Å². The first-order valence-electron chi connectivity index (χ1n) is 8.21. The van der Waals surface area contributed by atoms with Crippen LogP contribution < -0.4 is 10.2 Å². The van der Waals surface area contributed by atoms with Gasteiger partial charge in [-0.3, -0.25) is 4.79 Å². The highest BCUT2D eigenvalue weighted by molar-refractivity contribution is 5.93. The number of ether oxygens (including phenoxy) is 1. The van der Waals surface area contributed by atoms with Gasteiger partial charge in [-0.15, -0.1) is 0 Å². The predicted octanol–water partition coefficient (Wildman–Crippen LogP) is 2.67. The molecular formula is C18H22N2O2. The summed E-state index contributed by atoms with van der Waals surface area (Å²) in [6.45, 7) is 3.44. The van der Waals surface area contributed by atoms with Crippen LogP contribution in [0.15, 0.2) is 36.4 Å². The molecule has 4 rings (SSSR count). The lowest BCUT2D eigenvalue weighted by molar-refractivity contribution is -0.120. The molecule has 0 spiro atoms. The standard InChI is InChI=1S/C18H22N2O2/c21-18(17-12-13-1-2-14(17)11-13)19-15-3-5-16(6-4-15)20-7-9-22-10-8-20/h1-6,13-14,17H,7-12H2,(H,19,21)/t13-,14-,17+/m0/s1. The first-order chi connectivity index (χ1) is 10.8. The van der Waals surface area contributed by atoms with Crippen molar-refractivity contribution in [3.05, 3.63) is 36.4 Å². The molecule has 1 aromatic rings. The van der Waals surface area contributed by atoms with E-state index in [0.29, 0.717) is 11.8 Å². The van der Waals surface area contributed by atoms with Crippen LogP contribution in [0.5, 0.6) is 0 Å². The maximum Gasteiger partial charge on any atom is 0.228 e. The molecule has 1 aromatic carbocycles. The maximum atomic E-state index is 12.4. The van der Waals surface area contributed by atoms with E-state index in [4.69, 9.17) is 4.74 Å². The fourth-order valence-corrected chi connectivity index (χ4v) is 3.89. The minimum Gasteiger partial charge on any atom is -0.378 e. The lowest BCUT2D eigenvalue weighted by atomic mass is 9.93. The molecule has 1 amide bonds. The number of hydrogen-bond donors (Lipinski definition) is 1. The van der Waals surface area contributed by atoms with E-state index in [0.717, 1.165) is 44.8 Å². The third-order valence-electron chi connectivity index (χ3n) is 5.13. The van der Waals surface area contributed by atoms with Gasteiger partial charge in [0.25, 0.3) is 0 Å². The Morgan fingerprint density at radius 1 is 1.09 bits per heavy atom. The maximum absolute atomic E-state index is 12.4. The summed E-state index contributed by atoms with van der Waals surface area (Å²) in [6, 6.07) is 8.18. The summed E-state index contributed by atoms with van der Waals surface area (Å²) in [7, 11) is 0. The fraction of sp³-hybridized carbons (Fsp3) is 0.500. The topological polar surface area (TPSA) is 41.6 Å². The van der Waals surface area contributed by atoms with Crippen molar-refractivity contribution in [2.24, 2.45) is 17.8 Å². The minimum absolute atomic E-state index is 0.161. The number of benzene rings is 1. The van der Waals surface area contributed by atoms with Crippen LogP contribution in [0, 0.1) is 17.8 Å². The normalized spacial score (nSPS) is 29.8. The van der Waals surface area contributed by atoms with Gasteiger partial charge in [0, 0.05) is 30.4 Å². The Kier molecular flexibility index (Phi) is 3.62. The number of allylic oxidation sites excluding steroid dienone is 2. The smallest absolute Gasteiger partial charge is 0.228 e. The number of fused-ring (bicyclic) bond motifs is 2. The summed E-state index contributed by atoms with van der Waals surface area (Å²) in [6.07, 6.45) is 6.67. The number of carbonyl (C=O) groups is 1. The van der Waals surface area contributed by atoms with Crippen LogP contribution in [-0.2, 0) is 9.53 Å². The van der Waals surface area contributed by atoms with Gasteiger partial charge in [0.2, 0.25) is 5.91 Å². The Balaban J connectivity index is 1.38. The molecule has 1 N–H and O–H groups in total. The Labute approximate surface area is 131 Å². The van der Waals surface area contributed by atoms with Crippen molar-refractivity contribution in [3.63, 3.8) is 0 Å². The molecule has 4 nitrogen and oxygen atoms in total. The van der Waals surface area contributed by atoms with Gasteiger partial charge >= 0.3 is 0 Å². The molecule has 2 aliphatic carbocycles. The van der Waals surface area contributed by atoms with Crippen molar-refractivity contribution in [1.29, 1.82) is 0 Å². The molecule has 1 heterocycles. The summed E-state index contributed by atoms with van der Waals surface area (Å²) in [5.74, 6) is 1.42. The van der Waals surface area contributed by atoms with E-state index in [2.05, 4.69) is 34.5 Å². The van der Waals surface area contributed by atoms with Crippen LogP contribution in [-0.4, -0.2) is 32.2 Å². The molecule has 2 fully saturated rings. The number of hydrogen-bond acceptors (Lipinski definition) is 3. The molecule has 116 valence electrons. The van der Waals surface area contributed by atoms with E-state index >= 15 is 0 Å². The summed E-state index contributed by atoms with van der Waals surface area (Å²) in [4.78, 5) is 14.7. The number of amides is 1. The molecule has 4 heteroatoms. The van der Waals surface area contributed by atoms with Gasteiger partial charge in [-0.05, 0) is 48.9 Å². The molecule has 0 unspecified atom stereocenters. The van der Waals surface area contributed by atoms with Gasteiger partial charge in [-0.25, -0.2) is 0 Å². The van der Waals surface area contributed by atoms with E-state index < -0.39 is 0 Å². The molecule has 0 aromatic heterocycles. The van der Waals surface area contributed by atoms with Gasteiger partial charge in [-0.2, -0.15) is 0 Å². The second-order valence-corrected chi connectivity index (χ2v) is 6.52. The Bertz CT molecular complexity index is 575. The van der Waals surface area contributed by atoms with Crippen LogP contribution in [0.25, 0.3) is 0 Å². The number of anilines is 2. The quantitative estimate of drug-likeness (QED) is 0.872. The molecule has 3 atom stereocenters. The zero-order chi connectivity index (χ0) is 14.9. The number of carbonyl (C=O) groups excluding carboxylic acids is 1. The summed E-state index contributed by atoms with van der Waals surface area (Å²) in [5.41, 5.74) is 2.10. The van der Waals surface area contributed by atoms with Gasteiger partial charge in [0.15, 0.2) is 0 Å². The van der Waals surface area contributed by atoms with Crippen molar-refractivity contribution < 1.29 is 9.53 Å². The Morgan fingerprint density at radius 2 is 1.86 bits per heavy atom. The fourth-order valence-electron chi connectivity index (χ4n) is 3.89. The highest BCUT2D eigenvalue weighted by Crippen LogP contribution is 2.43. The van der Waals surface area contributed by atoms with Crippen LogP contribution >= 0.6 is 0 Å². The summed E-state index contributed by atoms with van der Waals surface area (Å²) < 4.78 is 5.37. The van der Waals surface area contributed by atoms with Gasteiger partial charge in [0.1, 0.15) is 0 Å². The van der Waals surface area contributed by atoms with Crippen molar-refractivity contribution in [2.45, 2.75) is 12.8 Å². The highest BCUT2D eigenvalue weighted by atomic mass is 16.5. The molecule has 1 aliphatic heterocycles. The van der Waals surface area contributed by atoms with Gasteiger partial charge in [-0.1, -0.05) is 12.2 Å². The Hall–Kier alpha value is -1.81. The lowest BCUT2D eigenvalue weighted by Crippen LogP contribution is -2.36. The van der Waals surface area contributed by atoms with Crippen molar-refractivity contribution in [3.8, 4) is 0 Å². The first kappa shape index (κ1) is 13.8. The number of rotatable bonds is 3. The highest BCUT2D eigenvalue weighted by Gasteiger charge is 2.39. The summed E-state index contributed by atoms with van der Waals surface area (Å²) in [5, 5.41) is 3.08. The number of nitrogens with zero attached hydrogens (tertiary/aromatic N) is 1. The average Bonchev–Trinajstić information content (AvgIpc) is 3.19. The number of morpholine rings is 1. The van der Waals surface area contributed by atoms with E-state index in [9.17, 15) is 4.79 Å². The van der Waals surface area contributed by atoms with Crippen molar-refractivity contribution in [1.82, 2.24) is 0 Å². The molecule has 0 radical (unpaired) electrons. The Morgan fingerprint density at radius 3 is 2.50 bits per heavy atom. The second kappa shape index (κ2) is 5.76. The lowest BCUT2D eigenvalue weighted by Gasteiger charge is -2.29. The SMILES string of the molecule is O=C(Nc1ccc(N2CCOCC2)cc1)[C@@H]1C[C@H]2C=C[C@H]1C2. The van der Waals surface area contributed by atoms with Crippen molar-refractivity contribution >= 4 is 17.3 Å². The minimum atomic E-state index is 0.161. The molecule has 3 aliphatic rings. The van der Waals surface area contributed by atoms with Crippen LogP contribution in [0.2, 0.25) is 0 Å². The predicted molar refractivity (Wildman–Crippen MR) is 86.9 cm³/mol. The summed E-state index contributed by atoms with van der Waals surface area (Å²) >= 11 is 0. The van der Waals surface area contributed by atoms with Crippen LogP contribution in [0.1, 0.15) is 12.8 Å². The molecule has 1 saturated carbocycles. The zero-order valence-electron chi connectivity index (χ0n) is 12.7. The average molecular weight is 298 g/mol. The third-order valence-corrected chi connectivity index (χ3v) is 5.13. The molecule has 2 bridgehead atoms.